The average molecular weight is 428 g/mol. The van der Waals surface area contributed by atoms with E-state index in [1.54, 1.807) is 13.1 Å². The maximum atomic E-state index is 12.0. The first kappa shape index (κ1) is 19.5. The fourth-order valence-corrected chi connectivity index (χ4v) is 2.25. The number of benzene rings is 1. The lowest BCUT2D eigenvalue weighted by Crippen LogP contribution is -2.36. The van der Waals surface area contributed by atoms with Crippen LogP contribution in [0.5, 0.6) is 0 Å². The van der Waals surface area contributed by atoms with Crippen LogP contribution in [0.4, 0.5) is 5.69 Å². The van der Waals surface area contributed by atoms with Crippen molar-refractivity contribution in [1.82, 2.24) is 10.6 Å². The van der Waals surface area contributed by atoms with Gasteiger partial charge in [0.15, 0.2) is 5.96 Å². The minimum Gasteiger partial charge on any atom is -0.353 e. The number of hydrogen-bond donors (Lipinski definition) is 3. The van der Waals surface area contributed by atoms with Gasteiger partial charge in [-0.25, -0.2) is 0 Å². The topological polar surface area (TPSA) is 65.5 Å². The maximum absolute atomic E-state index is 12.0. The lowest BCUT2D eigenvalue weighted by molar-refractivity contribution is -0.122. The standard InChI is InChI=1S/C17H24N4O.HI/c1-3-10-19-17(18-2)20-12-13-6-4-9-15(11-13)21-16(22)14-7-5-8-14;/h3-4,6,9,11,14H,1,5,7-8,10,12H2,2H3,(H,21,22)(H2,18,19,20);1H. The Morgan fingerprint density at radius 3 is 2.78 bits per heavy atom. The smallest absolute Gasteiger partial charge is 0.227 e. The zero-order valence-electron chi connectivity index (χ0n) is 13.5. The average Bonchev–Trinajstić information content (AvgIpc) is 2.46. The van der Waals surface area contributed by atoms with Crippen LogP contribution < -0.4 is 16.0 Å². The normalized spacial score (nSPS) is 14.2. The third-order valence-corrected chi connectivity index (χ3v) is 3.77. The number of anilines is 1. The number of hydrogen-bond acceptors (Lipinski definition) is 2. The second-order valence-corrected chi connectivity index (χ2v) is 5.41. The molecule has 0 aromatic heterocycles. The number of nitrogens with zero attached hydrogens (tertiary/aromatic N) is 1. The molecular formula is C17H25IN4O. The minimum absolute atomic E-state index is 0. The molecule has 0 unspecified atom stereocenters. The van der Waals surface area contributed by atoms with E-state index in [9.17, 15) is 4.79 Å². The first-order chi connectivity index (χ1) is 10.7. The van der Waals surface area contributed by atoms with Gasteiger partial charge in [-0.2, -0.15) is 0 Å². The molecule has 1 saturated carbocycles. The van der Waals surface area contributed by atoms with E-state index in [-0.39, 0.29) is 35.8 Å². The molecule has 0 saturated heterocycles. The summed E-state index contributed by atoms with van der Waals surface area (Å²) in [7, 11) is 1.73. The summed E-state index contributed by atoms with van der Waals surface area (Å²) in [4.78, 5) is 16.1. The van der Waals surface area contributed by atoms with Crippen LogP contribution in [-0.2, 0) is 11.3 Å². The zero-order chi connectivity index (χ0) is 15.8. The van der Waals surface area contributed by atoms with Crippen molar-refractivity contribution in [2.24, 2.45) is 10.9 Å². The lowest BCUT2D eigenvalue weighted by atomic mass is 9.85. The van der Waals surface area contributed by atoms with Crippen molar-refractivity contribution in [3.63, 3.8) is 0 Å². The molecule has 2 rings (SSSR count). The van der Waals surface area contributed by atoms with Crippen LogP contribution in [0.3, 0.4) is 0 Å². The molecule has 1 aromatic rings. The summed E-state index contributed by atoms with van der Waals surface area (Å²) < 4.78 is 0. The molecular weight excluding hydrogens is 403 g/mol. The highest BCUT2D eigenvalue weighted by molar-refractivity contribution is 14.0. The molecule has 0 heterocycles. The maximum Gasteiger partial charge on any atom is 0.227 e. The first-order valence-corrected chi connectivity index (χ1v) is 7.68. The third kappa shape index (κ3) is 6.21. The number of amides is 1. The molecule has 1 aromatic carbocycles. The van der Waals surface area contributed by atoms with Gasteiger partial charge in [0.25, 0.3) is 0 Å². The summed E-state index contributed by atoms with van der Waals surface area (Å²) >= 11 is 0. The fourth-order valence-electron chi connectivity index (χ4n) is 2.25. The molecule has 23 heavy (non-hydrogen) atoms. The summed E-state index contributed by atoms with van der Waals surface area (Å²) in [5.74, 6) is 1.06. The van der Waals surface area contributed by atoms with E-state index in [0.29, 0.717) is 13.1 Å². The largest absolute Gasteiger partial charge is 0.353 e. The lowest BCUT2D eigenvalue weighted by Gasteiger charge is -2.24. The molecule has 6 heteroatoms. The summed E-state index contributed by atoms with van der Waals surface area (Å²) in [6.45, 7) is 4.97. The monoisotopic (exact) mass is 428 g/mol. The quantitative estimate of drug-likeness (QED) is 0.283. The fraction of sp³-hybridized carbons (Fsp3) is 0.412. The third-order valence-electron chi connectivity index (χ3n) is 3.77. The summed E-state index contributed by atoms with van der Waals surface area (Å²) in [6.07, 6.45) is 4.97. The van der Waals surface area contributed by atoms with Gasteiger partial charge in [-0.1, -0.05) is 24.6 Å². The number of halogens is 1. The van der Waals surface area contributed by atoms with Crippen LogP contribution in [0.2, 0.25) is 0 Å². The molecule has 0 spiro atoms. The van der Waals surface area contributed by atoms with Crippen LogP contribution in [0.1, 0.15) is 24.8 Å². The Balaban J connectivity index is 0.00000264. The van der Waals surface area contributed by atoms with E-state index in [1.165, 1.54) is 6.42 Å². The molecule has 1 aliphatic rings. The van der Waals surface area contributed by atoms with Crippen molar-refractivity contribution in [3.05, 3.63) is 42.5 Å². The molecule has 1 amide bonds. The van der Waals surface area contributed by atoms with E-state index in [1.807, 2.05) is 24.3 Å². The number of carbonyl (C=O) groups excluding carboxylic acids is 1. The summed E-state index contributed by atoms with van der Waals surface area (Å²) in [5, 5.41) is 9.34. The Morgan fingerprint density at radius 1 is 1.39 bits per heavy atom. The van der Waals surface area contributed by atoms with Crippen LogP contribution >= 0.6 is 24.0 Å². The van der Waals surface area contributed by atoms with Gasteiger partial charge in [0.1, 0.15) is 0 Å². The van der Waals surface area contributed by atoms with Crippen molar-refractivity contribution in [3.8, 4) is 0 Å². The van der Waals surface area contributed by atoms with Crippen LogP contribution in [0, 0.1) is 5.92 Å². The molecule has 0 atom stereocenters. The highest BCUT2D eigenvalue weighted by Crippen LogP contribution is 2.27. The Kier molecular flexibility index (Phi) is 8.68. The van der Waals surface area contributed by atoms with Crippen molar-refractivity contribution in [2.45, 2.75) is 25.8 Å². The van der Waals surface area contributed by atoms with Gasteiger partial charge < -0.3 is 16.0 Å². The molecule has 1 aliphatic carbocycles. The van der Waals surface area contributed by atoms with Crippen molar-refractivity contribution in [1.29, 1.82) is 0 Å². The van der Waals surface area contributed by atoms with Gasteiger partial charge in [-0.05, 0) is 30.5 Å². The van der Waals surface area contributed by atoms with Gasteiger partial charge in [0.05, 0.1) is 0 Å². The van der Waals surface area contributed by atoms with Crippen LogP contribution in [0.25, 0.3) is 0 Å². The second-order valence-electron chi connectivity index (χ2n) is 5.41. The van der Waals surface area contributed by atoms with Crippen molar-refractivity contribution < 1.29 is 4.79 Å². The predicted molar refractivity (Wildman–Crippen MR) is 106 cm³/mol. The van der Waals surface area contributed by atoms with Gasteiger partial charge in [-0.3, -0.25) is 9.79 Å². The number of guanidine groups is 1. The highest BCUT2D eigenvalue weighted by atomic mass is 127. The Hall–Kier alpha value is -1.57. The van der Waals surface area contributed by atoms with Gasteiger partial charge in [0, 0.05) is 31.7 Å². The SMILES string of the molecule is C=CCNC(=NC)NCc1cccc(NC(=O)C2CCC2)c1.I. The zero-order valence-corrected chi connectivity index (χ0v) is 15.8. The molecule has 126 valence electrons. The molecule has 0 aliphatic heterocycles. The van der Waals surface area contributed by atoms with Crippen LogP contribution in [-0.4, -0.2) is 25.5 Å². The van der Waals surface area contributed by atoms with Crippen molar-refractivity contribution in [2.75, 3.05) is 18.9 Å². The Labute approximate surface area is 155 Å². The number of nitrogens with one attached hydrogen (secondary N) is 3. The van der Waals surface area contributed by atoms with Gasteiger partial charge in [-0.15, -0.1) is 30.6 Å². The number of carbonyl (C=O) groups is 1. The molecule has 0 bridgehead atoms. The summed E-state index contributed by atoms with van der Waals surface area (Å²) in [5.41, 5.74) is 1.94. The molecule has 5 nitrogen and oxygen atoms in total. The van der Waals surface area contributed by atoms with Crippen LogP contribution in [0.15, 0.2) is 41.9 Å². The van der Waals surface area contributed by atoms with E-state index < -0.39 is 0 Å². The molecule has 3 N–H and O–H groups in total. The molecule has 0 radical (unpaired) electrons. The van der Waals surface area contributed by atoms with E-state index in [4.69, 9.17) is 0 Å². The first-order valence-electron chi connectivity index (χ1n) is 7.68. The van der Waals surface area contributed by atoms with Gasteiger partial charge in [0.2, 0.25) is 5.91 Å². The Bertz CT molecular complexity index is 555. The van der Waals surface area contributed by atoms with E-state index in [0.717, 1.165) is 30.1 Å². The van der Waals surface area contributed by atoms with Crippen molar-refractivity contribution >= 4 is 41.5 Å². The summed E-state index contributed by atoms with van der Waals surface area (Å²) in [6, 6.07) is 7.88. The Morgan fingerprint density at radius 2 is 2.17 bits per heavy atom. The van der Waals surface area contributed by atoms with E-state index >= 15 is 0 Å². The van der Waals surface area contributed by atoms with Gasteiger partial charge >= 0.3 is 0 Å². The predicted octanol–water partition coefficient (Wildman–Crippen LogP) is 2.89. The number of aliphatic imine (C=N–C) groups is 1. The highest BCUT2D eigenvalue weighted by Gasteiger charge is 2.25. The number of rotatable bonds is 6. The van der Waals surface area contributed by atoms with E-state index in [2.05, 4.69) is 27.5 Å². The molecule has 1 fully saturated rings. The minimum atomic E-state index is 0. The second kappa shape index (κ2) is 10.3.